The molecule has 0 aromatic carbocycles. The van der Waals surface area contributed by atoms with Gasteiger partial charge in [0.2, 0.25) is 5.76 Å². The van der Waals surface area contributed by atoms with E-state index in [0.29, 0.717) is 11.7 Å². The van der Waals surface area contributed by atoms with Crippen molar-refractivity contribution < 1.29 is 13.8 Å². The molecule has 2 aromatic rings. The smallest absolute Gasteiger partial charge is 0.293 e. The number of aryl methyl sites for hydroxylation is 1. The summed E-state index contributed by atoms with van der Waals surface area (Å²) in [5.74, 6) is 1.61. The van der Waals surface area contributed by atoms with Crippen LogP contribution in [0.1, 0.15) is 98.0 Å². The minimum atomic E-state index is -0.0814. The van der Waals surface area contributed by atoms with Crippen LogP contribution in [0.25, 0.3) is 0 Å². The van der Waals surface area contributed by atoms with Crippen molar-refractivity contribution in [2.75, 3.05) is 6.54 Å². The summed E-state index contributed by atoms with van der Waals surface area (Å²) in [5.41, 5.74) is 1.79. The topological polar surface area (TPSA) is 72.4 Å². The molecule has 26 heavy (non-hydrogen) atoms. The molecule has 2 fully saturated rings. The summed E-state index contributed by atoms with van der Waals surface area (Å²) >= 11 is 0. The van der Waals surface area contributed by atoms with E-state index in [2.05, 4.69) is 17.2 Å². The third-order valence-corrected chi connectivity index (χ3v) is 5.69. The molecule has 1 saturated carbocycles. The molecular weight excluding hydrogens is 330 g/mol. The number of amides is 1. The van der Waals surface area contributed by atoms with E-state index in [1.54, 1.807) is 0 Å². The van der Waals surface area contributed by atoms with Crippen LogP contribution in [-0.2, 0) is 6.42 Å². The number of hydrogen-bond donors (Lipinski definition) is 0. The normalized spacial score (nSPS) is 21.4. The van der Waals surface area contributed by atoms with Gasteiger partial charge in [0.05, 0.1) is 11.7 Å². The van der Waals surface area contributed by atoms with Gasteiger partial charge in [0.25, 0.3) is 5.91 Å². The highest BCUT2D eigenvalue weighted by Crippen LogP contribution is 2.35. The molecule has 2 aliphatic rings. The van der Waals surface area contributed by atoms with Crippen LogP contribution in [0.3, 0.4) is 0 Å². The summed E-state index contributed by atoms with van der Waals surface area (Å²) in [4.78, 5) is 14.9. The largest absolute Gasteiger partial charge is 0.361 e. The zero-order valence-corrected chi connectivity index (χ0v) is 15.4. The Balaban J connectivity index is 1.48. The van der Waals surface area contributed by atoms with E-state index < -0.39 is 0 Å². The van der Waals surface area contributed by atoms with Crippen LogP contribution in [0.15, 0.2) is 21.2 Å². The molecule has 1 saturated heterocycles. The summed E-state index contributed by atoms with van der Waals surface area (Å²) < 4.78 is 10.8. The molecule has 3 heterocycles. The second-order valence-electron chi connectivity index (χ2n) is 7.58. The van der Waals surface area contributed by atoms with Crippen molar-refractivity contribution in [1.82, 2.24) is 15.2 Å². The molecule has 0 N–H and O–H groups in total. The summed E-state index contributed by atoms with van der Waals surface area (Å²) in [6, 6.07) is 3.83. The van der Waals surface area contributed by atoms with E-state index in [4.69, 9.17) is 9.05 Å². The fourth-order valence-corrected chi connectivity index (χ4v) is 4.29. The van der Waals surface area contributed by atoms with Crippen molar-refractivity contribution in [2.24, 2.45) is 0 Å². The highest BCUT2D eigenvalue weighted by Gasteiger charge is 2.35. The molecule has 4 rings (SSSR count). The molecule has 1 aliphatic carbocycles. The van der Waals surface area contributed by atoms with Gasteiger partial charge in [-0.05, 0) is 32.1 Å². The van der Waals surface area contributed by atoms with Gasteiger partial charge in [-0.1, -0.05) is 36.5 Å². The maximum atomic E-state index is 13.0. The van der Waals surface area contributed by atoms with Crippen LogP contribution in [0.5, 0.6) is 0 Å². The fraction of sp³-hybridized carbons (Fsp3) is 0.650. The van der Waals surface area contributed by atoms with Gasteiger partial charge in [0.1, 0.15) is 11.5 Å². The zero-order chi connectivity index (χ0) is 17.9. The Kier molecular flexibility index (Phi) is 5.09. The van der Waals surface area contributed by atoms with Gasteiger partial charge < -0.3 is 13.9 Å². The van der Waals surface area contributed by atoms with Gasteiger partial charge in [0, 0.05) is 31.0 Å². The highest BCUT2D eigenvalue weighted by atomic mass is 16.5. The number of carbonyl (C=O) groups is 1. The van der Waals surface area contributed by atoms with Crippen molar-refractivity contribution in [3.63, 3.8) is 0 Å². The van der Waals surface area contributed by atoms with Gasteiger partial charge in [-0.15, -0.1) is 0 Å². The van der Waals surface area contributed by atoms with Crippen molar-refractivity contribution in [3.8, 4) is 0 Å². The first-order valence-electron chi connectivity index (χ1n) is 9.99. The van der Waals surface area contributed by atoms with E-state index in [1.807, 2.05) is 17.0 Å². The third kappa shape index (κ3) is 3.41. The van der Waals surface area contributed by atoms with Crippen molar-refractivity contribution >= 4 is 5.91 Å². The maximum absolute atomic E-state index is 13.0. The van der Waals surface area contributed by atoms with Crippen LogP contribution in [0, 0.1) is 0 Å². The number of hydrogen-bond acceptors (Lipinski definition) is 5. The third-order valence-electron chi connectivity index (χ3n) is 5.69. The lowest BCUT2D eigenvalue weighted by molar-refractivity contribution is 0.0688. The molecule has 1 atom stereocenters. The average molecular weight is 357 g/mol. The molecule has 0 spiro atoms. The molecule has 1 amide bonds. The molecule has 6 nitrogen and oxygen atoms in total. The number of aromatic nitrogens is 2. The summed E-state index contributed by atoms with van der Waals surface area (Å²) in [7, 11) is 0. The van der Waals surface area contributed by atoms with Crippen molar-refractivity contribution in [2.45, 2.75) is 76.7 Å². The van der Waals surface area contributed by atoms with Crippen LogP contribution >= 0.6 is 0 Å². The van der Waals surface area contributed by atoms with Crippen LogP contribution in [0.2, 0.25) is 0 Å². The lowest BCUT2D eigenvalue weighted by atomic mass is 9.87. The van der Waals surface area contributed by atoms with Gasteiger partial charge in [0.15, 0.2) is 0 Å². The Morgan fingerprint density at radius 2 is 1.88 bits per heavy atom. The van der Waals surface area contributed by atoms with Crippen molar-refractivity contribution in [3.05, 3.63) is 35.0 Å². The maximum Gasteiger partial charge on any atom is 0.293 e. The molecule has 140 valence electrons. The summed E-state index contributed by atoms with van der Waals surface area (Å²) in [6.07, 6.45) is 9.83. The monoisotopic (exact) mass is 357 g/mol. The van der Waals surface area contributed by atoms with Crippen LogP contribution < -0.4 is 0 Å². The van der Waals surface area contributed by atoms with E-state index in [-0.39, 0.29) is 11.9 Å². The highest BCUT2D eigenvalue weighted by molar-refractivity contribution is 5.92. The van der Waals surface area contributed by atoms with Gasteiger partial charge >= 0.3 is 0 Å². The number of nitrogens with zero attached hydrogens (tertiary/aromatic N) is 3. The standard InChI is InChI=1S/C20H27N3O3/c1-2-7-15-12-17(22-25-15)18-10-6-11-23(18)20(24)19-13-16(21-26-19)14-8-4-3-5-9-14/h12-14,18H,2-11H2,1H3/t18-/m0/s1. The second kappa shape index (κ2) is 7.64. The van der Waals surface area contributed by atoms with Gasteiger partial charge in [-0.3, -0.25) is 4.79 Å². The molecule has 6 heteroatoms. The molecule has 0 unspecified atom stereocenters. The van der Waals surface area contributed by atoms with E-state index in [9.17, 15) is 4.79 Å². The molecule has 2 aromatic heterocycles. The first-order valence-corrected chi connectivity index (χ1v) is 9.99. The van der Waals surface area contributed by atoms with E-state index >= 15 is 0 Å². The number of likely N-dealkylation sites (tertiary alicyclic amines) is 1. The molecule has 1 aliphatic heterocycles. The van der Waals surface area contributed by atoms with Crippen LogP contribution in [-0.4, -0.2) is 27.7 Å². The van der Waals surface area contributed by atoms with Gasteiger partial charge in [-0.2, -0.15) is 0 Å². The minimum absolute atomic E-state index is 0.0277. The van der Waals surface area contributed by atoms with Gasteiger partial charge in [-0.25, -0.2) is 0 Å². The van der Waals surface area contributed by atoms with Crippen LogP contribution in [0.4, 0.5) is 0 Å². The Hall–Kier alpha value is -2.11. The molecule has 0 radical (unpaired) electrons. The van der Waals surface area contributed by atoms with E-state index in [1.165, 1.54) is 19.3 Å². The second-order valence-corrected chi connectivity index (χ2v) is 7.58. The summed E-state index contributed by atoms with van der Waals surface area (Å²) in [5, 5.41) is 8.41. The molecule has 0 bridgehead atoms. The summed E-state index contributed by atoms with van der Waals surface area (Å²) in [6.45, 7) is 2.83. The SMILES string of the molecule is CCCc1cc([C@@H]2CCCN2C(=O)c2cc(C3CCCCC3)no2)no1. The lowest BCUT2D eigenvalue weighted by Crippen LogP contribution is -2.30. The predicted octanol–water partition coefficient (Wildman–Crippen LogP) is 4.64. The number of rotatable bonds is 5. The number of carbonyl (C=O) groups excluding carboxylic acids is 1. The Bertz CT molecular complexity index is 745. The zero-order valence-electron chi connectivity index (χ0n) is 15.4. The molecular formula is C20H27N3O3. The van der Waals surface area contributed by atoms with Crippen molar-refractivity contribution in [1.29, 1.82) is 0 Å². The van der Waals surface area contributed by atoms with E-state index in [0.717, 1.165) is 62.2 Å². The fourth-order valence-electron chi connectivity index (χ4n) is 4.29. The Morgan fingerprint density at radius 3 is 2.69 bits per heavy atom. The average Bonchev–Trinajstić information content (AvgIpc) is 3.42. The quantitative estimate of drug-likeness (QED) is 0.779. The first-order chi connectivity index (χ1) is 12.8. The first kappa shape index (κ1) is 17.3. The Morgan fingerprint density at radius 1 is 1.08 bits per heavy atom. The lowest BCUT2D eigenvalue weighted by Gasteiger charge is -2.21. The predicted molar refractivity (Wildman–Crippen MR) is 95.8 cm³/mol. The Labute approximate surface area is 153 Å². The minimum Gasteiger partial charge on any atom is -0.361 e.